The molecule has 7 heteroatoms. The van der Waals surface area contributed by atoms with E-state index >= 15 is 0 Å². The number of aromatic nitrogens is 2. The first-order chi connectivity index (χ1) is 20.8. The van der Waals surface area contributed by atoms with E-state index in [0.29, 0.717) is 24.7 Å². The smallest absolute Gasteiger partial charge is 0.218 e. The van der Waals surface area contributed by atoms with Gasteiger partial charge < -0.3 is 19.5 Å². The number of ether oxygens (including phenoxy) is 2. The highest BCUT2D eigenvalue weighted by molar-refractivity contribution is 9.10. The van der Waals surface area contributed by atoms with Gasteiger partial charge in [-0.05, 0) is 62.5 Å². The SMILES string of the molecule is C=CCOc1nc2ccccc2cc1C(c1cc2ccccc2nc1OCC=C)C(O)(CCN(C)C)c1cccc(Br)c1. The molecule has 3 aromatic carbocycles. The average molecular weight is 639 g/mol. The number of halogens is 1. The molecule has 1 unspecified atom stereocenters. The molecular formula is C36H36BrN3O3. The molecule has 0 spiro atoms. The number of hydrogen-bond acceptors (Lipinski definition) is 6. The van der Waals surface area contributed by atoms with Gasteiger partial charge >= 0.3 is 0 Å². The molecular weight excluding hydrogens is 602 g/mol. The van der Waals surface area contributed by atoms with E-state index in [0.717, 1.165) is 43.0 Å². The van der Waals surface area contributed by atoms with Crippen molar-refractivity contribution < 1.29 is 14.6 Å². The fourth-order valence-corrected chi connectivity index (χ4v) is 5.84. The summed E-state index contributed by atoms with van der Waals surface area (Å²) in [6.45, 7) is 8.84. The van der Waals surface area contributed by atoms with Crippen LogP contribution in [0, 0.1) is 0 Å². The van der Waals surface area contributed by atoms with Gasteiger partial charge in [-0.2, -0.15) is 0 Å². The predicted molar refractivity (Wildman–Crippen MR) is 178 cm³/mol. The second kappa shape index (κ2) is 13.5. The minimum absolute atomic E-state index is 0.258. The van der Waals surface area contributed by atoms with Gasteiger partial charge in [-0.25, -0.2) is 9.97 Å². The molecule has 0 amide bonds. The van der Waals surface area contributed by atoms with Crippen LogP contribution in [0.4, 0.5) is 0 Å². The summed E-state index contributed by atoms with van der Waals surface area (Å²) in [5.41, 5.74) is 2.36. The molecule has 0 bridgehead atoms. The van der Waals surface area contributed by atoms with E-state index in [1.54, 1.807) is 12.2 Å². The maximum atomic E-state index is 13.2. The molecule has 0 saturated heterocycles. The fraction of sp³-hybridized carbons (Fsp3) is 0.222. The molecule has 6 nitrogen and oxygen atoms in total. The number of aliphatic hydroxyl groups is 1. The van der Waals surface area contributed by atoms with Gasteiger partial charge in [-0.3, -0.25) is 0 Å². The Bertz CT molecular complexity index is 1660. The summed E-state index contributed by atoms with van der Waals surface area (Å²) in [6.07, 6.45) is 3.79. The number of fused-ring (bicyclic) bond motifs is 2. The Balaban J connectivity index is 1.89. The number of nitrogens with zero attached hydrogens (tertiary/aromatic N) is 3. The van der Waals surface area contributed by atoms with Crippen molar-refractivity contribution in [3.8, 4) is 11.8 Å². The van der Waals surface area contributed by atoms with E-state index in [9.17, 15) is 5.11 Å². The number of rotatable bonds is 13. The second-order valence-electron chi connectivity index (χ2n) is 10.8. The second-order valence-corrected chi connectivity index (χ2v) is 11.7. The molecule has 1 atom stereocenters. The van der Waals surface area contributed by atoms with Crippen LogP contribution in [-0.4, -0.2) is 53.8 Å². The molecule has 0 aliphatic carbocycles. The van der Waals surface area contributed by atoms with Crippen LogP contribution in [0.3, 0.4) is 0 Å². The van der Waals surface area contributed by atoms with Crippen LogP contribution >= 0.6 is 15.9 Å². The highest BCUT2D eigenvalue weighted by Crippen LogP contribution is 2.50. The van der Waals surface area contributed by atoms with E-state index in [-0.39, 0.29) is 13.2 Å². The summed E-state index contributed by atoms with van der Waals surface area (Å²) >= 11 is 3.64. The third-order valence-corrected chi connectivity index (χ3v) is 7.97. The lowest BCUT2D eigenvalue weighted by Crippen LogP contribution is -2.38. The third kappa shape index (κ3) is 6.64. The Hall–Kier alpha value is -4.04. The summed E-state index contributed by atoms with van der Waals surface area (Å²) in [5, 5.41) is 15.1. The van der Waals surface area contributed by atoms with Gasteiger partial charge in [0.05, 0.1) is 17.0 Å². The van der Waals surface area contributed by atoms with Gasteiger partial charge in [0.2, 0.25) is 11.8 Å². The van der Waals surface area contributed by atoms with Gasteiger partial charge in [0.1, 0.15) is 18.8 Å². The minimum atomic E-state index is -1.43. The van der Waals surface area contributed by atoms with Gasteiger partial charge in [0, 0.05) is 32.9 Å². The Morgan fingerprint density at radius 1 is 0.814 bits per heavy atom. The normalized spacial score (nSPS) is 12.9. The Kier molecular flexibility index (Phi) is 9.56. The third-order valence-electron chi connectivity index (χ3n) is 7.47. The van der Waals surface area contributed by atoms with Crippen LogP contribution in [0.2, 0.25) is 0 Å². The molecule has 220 valence electrons. The zero-order valence-electron chi connectivity index (χ0n) is 24.5. The van der Waals surface area contributed by atoms with Gasteiger partial charge in [0.15, 0.2) is 0 Å². The lowest BCUT2D eigenvalue weighted by molar-refractivity contribution is 0.00290. The van der Waals surface area contributed by atoms with Crippen molar-refractivity contribution in [1.82, 2.24) is 14.9 Å². The van der Waals surface area contributed by atoms with Crippen LogP contribution in [0.1, 0.15) is 29.0 Å². The van der Waals surface area contributed by atoms with Gasteiger partial charge in [0.25, 0.3) is 0 Å². The quantitative estimate of drug-likeness (QED) is 0.134. The molecule has 0 aliphatic heterocycles. The molecule has 0 aliphatic rings. The van der Waals surface area contributed by atoms with Gasteiger partial charge in [-0.15, -0.1) is 0 Å². The summed E-state index contributed by atoms with van der Waals surface area (Å²) in [4.78, 5) is 12.0. The highest BCUT2D eigenvalue weighted by Gasteiger charge is 2.44. The van der Waals surface area contributed by atoms with E-state index in [4.69, 9.17) is 19.4 Å². The molecule has 43 heavy (non-hydrogen) atoms. The van der Waals surface area contributed by atoms with Crippen LogP contribution in [0.25, 0.3) is 21.8 Å². The average Bonchev–Trinajstić information content (AvgIpc) is 3.01. The zero-order chi connectivity index (χ0) is 30.4. The first-order valence-corrected chi connectivity index (χ1v) is 15.0. The van der Waals surface area contributed by atoms with E-state index in [1.807, 2.05) is 86.9 Å². The number of benzene rings is 3. The molecule has 5 aromatic rings. The number of pyridine rings is 2. The van der Waals surface area contributed by atoms with Gasteiger partial charge in [-0.1, -0.05) is 89.8 Å². The van der Waals surface area contributed by atoms with Crippen molar-refractivity contribution >= 4 is 37.7 Å². The van der Waals surface area contributed by atoms with Crippen LogP contribution in [-0.2, 0) is 5.60 Å². The summed E-state index contributed by atoms with van der Waals surface area (Å²) in [5.74, 6) is 0.157. The topological polar surface area (TPSA) is 67.7 Å². The number of hydrogen-bond donors (Lipinski definition) is 1. The van der Waals surface area contributed by atoms with Crippen molar-refractivity contribution in [2.24, 2.45) is 0 Å². The van der Waals surface area contributed by atoms with E-state index in [1.165, 1.54) is 0 Å². The lowest BCUT2D eigenvalue weighted by atomic mass is 9.71. The van der Waals surface area contributed by atoms with Crippen LogP contribution < -0.4 is 9.47 Å². The van der Waals surface area contributed by atoms with Crippen LogP contribution in [0.5, 0.6) is 11.8 Å². The van der Waals surface area contributed by atoms with Crippen LogP contribution in [0.15, 0.2) is 115 Å². The largest absolute Gasteiger partial charge is 0.473 e. The Labute approximate surface area is 261 Å². The summed E-state index contributed by atoms with van der Waals surface area (Å²) < 4.78 is 13.4. The first-order valence-electron chi connectivity index (χ1n) is 14.2. The van der Waals surface area contributed by atoms with Crippen molar-refractivity contribution in [3.63, 3.8) is 0 Å². The molecule has 2 aromatic heterocycles. The first kappa shape index (κ1) is 30.4. The molecule has 1 N–H and O–H groups in total. The van der Waals surface area contributed by atoms with E-state index < -0.39 is 11.5 Å². The predicted octanol–water partition coefficient (Wildman–Crippen LogP) is 7.65. The number of para-hydroxylation sites is 2. The summed E-state index contributed by atoms with van der Waals surface area (Å²) in [6, 6.07) is 27.8. The molecule has 0 saturated carbocycles. The van der Waals surface area contributed by atoms with Crippen molar-refractivity contribution in [3.05, 3.63) is 131 Å². The summed E-state index contributed by atoms with van der Waals surface area (Å²) in [7, 11) is 4.01. The van der Waals surface area contributed by atoms with Crippen molar-refractivity contribution in [2.45, 2.75) is 17.9 Å². The maximum absolute atomic E-state index is 13.2. The van der Waals surface area contributed by atoms with Crippen molar-refractivity contribution in [1.29, 1.82) is 0 Å². The zero-order valence-corrected chi connectivity index (χ0v) is 26.1. The Morgan fingerprint density at radius 2 is 1.35 bits per heavy atom. The standard InChI is InChI=1S/C36H36BrN3O3/c1-5-20-42-34-29(22-25-12-7-9-16-31(25)38-34)33(36(41,18-19-40(3)4)27-14-11-15-28(37)24-27)30-23-26-13-8-10-17-32(26)39-35(30)43-21-6-2/h5-17,22-24,33,41H,1-2,18-21H2,3-4H3. The van der Waals surface area contributed by atoms with E-state index in [2.05, 4.69) is 46.1 Å². The molecule has 0 radical (unpaired) electrons. The lowest BCUT2D eigenvalue weighted by Gasteiger charge is -2.39. The molecule has 5 rings (SSSR count). The Morgan fingerprint density at radius 3 is 1.84 bits per heavy atom. The fourth-order valence-electron chi connectivity index (χ4n) is 5.44. The monoisotopic (exact) mass is 637 g/mol. The minimum Gasteiger partial charge on any atom is -0.473 e. The highest BCUT2D eigenvalue weighted by atomic mass is 79.9. The molecule has 0 fully saturated rings. The molecule has 2 heterocycles. The van der Waals surface area contributed by atoms with Crippen molar-refractivity contribution in [2.75, 3.05) is 33.9 Å². The maximum Gasteiger partial charge on any atom is 0.218 e.